The Labute approximate surface area is 140 Å². The highest BCUT2D eigenvalue weighted by molar-refractivity contribution is 5.94. The van der Waals surface area contributed by atoms with Crippen molar-refractivity contribution in [1.29, 1.82) is 0 Å². The Morgan fingerprint density at radius 3 is 2.79 bits per heavy atom. The number of aromatic nitrogens is 3. The molecule has 6 nitrogen and oxygen atoms in total. The fourth-order valence-electron chi connectivity index (χ4n) is 3.21. The number of hydrogen-bond donors (Lipinski definition) is 1. The molecule has 0 saturated carbocycles. The number of rotatable bonds is 3. The highest BCUT2D eigenvalue weighted by Crippen LogP contribution is 2.28. The number of nitrogens with one attached hydrogen (secondary N) is 1. The number of pyridine rings is 1. The number of carbonyl (C=O) groups excluding carboxylic acids is 1. The molecule has 1 aromatic carbocycles. The van der Waals surface area contributed by atoms with Gasteiger partial charge in [0.15, 0.2) is 0 Å². The van der Waals surface area contributed by atoms with E-state index >= 15 is 0 Å². The van der Waals surface area contributed by atoms with Gasteiger partial charge in [0, 0.05) is 37.4 Å². The molecule has 3 aromatic rings. The molecule has 0 spiro atoms. The first-order chi connectivity index (χ1) is 11.6. The number of para-hydroxylation sites is 1. The number of anilines is 1. The van der Waals surface area contributed by atoms with Gasteiger partial charge in [-0.15, -0.1) is 0 Å². The van der Waals surface area contributed by atoms with Gasteiger partial charge < -0.3 is 10.2 Å². The van der Waals surface area contributed by atoms with E-state index in [-0.39, 0.29) is 11.9 Å². The summed E-state index contributed by atoms with van der Waals surface area (Å²) in [4.78, 5) is 19.0. The van der Waals surface area contributed by atoms with E-state index in [1.54, 1.807) is 11.7 Å². The molecule has 1 aliphatic heterocycles. The summed E-state index contributed by atoms with van der Waals surface area (Å²) in [5, 5.41) is 8.44. The zero-order valence-electron chi connectivity index (χ0n) is 13.7. The number of carbonyl (C=O) groups is 1. The molecule has 3 heterocycles. The third-order valence-electron chi connectivity index (χ3n) is 4.42. The predicted molar refractivity (Wildman–Crippen MR) is 93.2 cm³/mol. The van der Waals surface area contributed by atoms with Crippen molar-refractivity contribution in [2.75, 3.05) is 18.0 Å². The van der Waals surface area contributed by atoms with E-state index < -0.39 is 0 Å². The highest BCUT2D eigenvalue weighted by atomic mass is 16.2. The Hall–Kier alpha value is -2.89. The molecule has 1 N–H and O–H groups in total. The van der Waals surface area contributed by atoms with Crippen molar-refractivity contribution in [3.8, 4) is 0 Å². The summed E-state index contributed by atoms with van der Waals surface area (Å²) in [6.45, 7) is 3.49. The second kappa shape index (κ2) is 5.63. The molecule has 24 heavy (non-hydrogen) atoms. The average Bonchev–Trinajstić information content (AvgIpc) is 2.88. The summed E-state index contributed by atoms with van der Waals surface area (Å²) in [5.41, 5.74) is 3.61. The molecule has 1 saturated heterocycles. The molecular weight excluding hydrogens is 302 g/mol. The van der Waals surface area contributed by atoms with Gasteiger partial charge in [-0.2, -0.15) is 5.10 Å². The number of fused-ring (bicyclic) bond motifs is 1. The van der Waals surface area contributed by atoms with Gasteiger partial charge in [-0.3, -0.25) is 14.5 Å². The molecule has 0 bridgehead atoms. The number of aryl methyl sites for hydroxylation is 2. The zero-order valence-corrected chi connectivity index (χ0v) is 13.7. The van der Waals surface area contributed by atoms with Crippen molar-refractivity contribution in [3.05, 3.63) is 54.0 Å². The van der Waals surface area contributed by atoms with Crippen LogP contribution in [0.15, 0.2) is 42.6 Å². The maximum Gasteiger partial charge on any atom is 0.269 e. The van der Waals surface area contributed by atoms with Crippen LogP contribution in [0.2, 0.25) is 0 Å². The minimum Gasteiger partial charge on any atom is -0.367 e. The lowest BCUT2D eigenvalue weighted by Crippen LogP contribution is -2.59. The van der Waals surface area contributed by atoms with Crippen molar-refractivity contribution in [2.24, 2.45) is 7.05 Å². The first kappa shape index (κ1) is 14.7. The van der Waals surface area contributed by atoms with Crippen LogP contribution in [-0.4, -0.2) is 39.8 Å². The fourth-order valence-corrected chi connectivity index (χ4v) is 3.21. The third kappa shape index (κ3) is 2.50. The number of hydrogen-bond acceptors (Lipinski definition) is 4. The van der Waals surface area contributed by atoms with E-state index in [0.717, 1.165) is 29.7 Å². The molecule has 1 aliphatic rings. The Bertz CT molecular complexity index is 905. The van der Waals surface area contributed by atoms with Crippen LogP contribution < -0.4 is 10.2 Å². The summed E-state index contributed by atoms with van der Waals surface area (Å²) >= 11 is 0. The van der Waals surface area contributed by atoms with Crippen molar-refractivity contribution >= 4 is 22.5 Å². The van der Waals surface area contributed by atoms with E-state index in [9.17, 15) is 4.79 Å². The van der Waals surface area contributed by atoms with Gasteiger partial charge in [0.1, 0.15) is 5.69 Å². The number of amides is 1. The van der Waals surface area contributed by atoms with Crippen LogP contribution in [0.4, 0.5) is 5.69 Å². The summed E-state index contributed by atoms with van der Waals surface area (Å²) in [5.74, 6) is -0.0673. The molecule has 6 heteroatoms. The first-order valence-electron chi connectivity index (χ1n) is 8.02. The lowest BCUT2D eigenvalue weighted by Gasteiger charge is -2.41. The average molecular weight is 321 g/mol. The second-order valence-electron chi connectivity index (χ2n) is 6.22. The van der Waals surface area contributed by atoms with Crippen LogP contribution in [-0.2, 0) is 7.05 Å². The maximum atomic E-state index is 12.3. The summed E-state index contributed by atoms with van der Waals surface area (Å²) in [6, 6.07) is 12.1. The molecular formula is C18H19N5O. The van der Waals surface area contributed by atoms with Crippen LogP contribution in [0, 0.1) is 6.92 Å². The molecule has 1 amide bonds. The summed E-state index contributed by atoms with van der Waals surface area (Å²) in [6.07, 6.45) is 1.84. The van der Waals surface area contributed by atoms with Crippen LogP contribution in [0.1, 0.15) is 16.2 Å². The lowest BCUT2D eigenvalue weighted by atomic mass is 10.1. The minimum atomic E-state index is -0.0673. The molecule has 1 fully saturated rings. The lowest BCUT2D eigenvalue weighted by molar-refractivity contribution is 0.0920. The van der Waals surface area contributed by atoms with Crippen LogP contribution >= 0.6 is 0 Å². The highest BCUT2D eigenvalue weighted by Gasteiger charge is 2.30. The van der Waals surface area contributed by atoms with Gasteiger partial charge >= 0.3 is 0 Å². The number of benzene rings is 1. The van der Waals surface area contributed by atoms with Crippen molar-refractivity contribution in [2.45, 2.75) is 13.0 Å². The van der Waals surface area contributed by atoms with E-state index in [2.05, 4.69) is 26.4 Å². The SMILES string of the molecule is Cc1cc(C(=O)NC2CN(c3ccnc4ccccc34)C2)n(C)n1. The van der Waals surface area contributed by atoms with Gasteiger partial charge in [0.2, 0.25) is 0 Å². The predicted octanol–water partition coefficient (Wildman–Crippen LogP) is 1.90. The monoisotopic (exact) mass is 321 g/mol. The standard InChI is InChI=1S/C18H19N5O/c1-12-9-17(22(2)21-12)18(24)20-13-10-23(11-13)16-7-8-19-15-6-4-3-5-14(15)16/h3-9,13H,10-11H2,1-2H3,(H,20,24). The van der Waals surface area contributed by atoms with E-state index in [1.807, 2.05) is 43.5 Å². The van der Waals surface area contributed by atoms with Gasteiger partial charge in [0.05, 0.1) is 17.3 Å². The Morgan fingerprint density at radius 1 is 1.25 bits per heavy atom. The quantitative estimate of drug-likeness (QED) is 0.800. The molecule has 0 radical (unpaired) electrons. The normalized spacial score (nSPS) is 14.7. The van der Waals surface area contributed by atoms with Crippen LogP contribution in [0.3, 0.4) is 0 Å². The van der Waals surface area contributed by atoms with Crippen molar-refractivity contribution in [1.82, 2.24) is 20.1 Å². The van der Waals surface area contributed by atoms with Gasteiger partial charge in [0.25, 0.3) is 5.91 Å². The Morgan fingerprint density at radius 2 is 2.04 bits per heavy atom. The Balaban J connectivity index is 1.45. The van der Waals surface area contributed by atoms with E-state index in [0.29, 0.717) is 5.69 Å². The smallest absolute Gasteiger partial charge is 0.269 e. The molecule has 2 aromatic heterocycles. The number of nitrogens with zero attached hydrogens (tertiary/aromatic N) is 4. The molecule has 4 rings (SSSR count). The third-order valence-corrected chi connectivity index (χ3v) is 4.42. The Kier molecular flexibility index (Phi) is 3.45. The minimum absolute atomic E-state index is 0.0673. The van der Waals surface area contributed by atoms with Gasteiger partial charge in [-0.25, -0.2) is 0 Å². The maximum absolute atomic E-state index is 12.3. The zero-order chi connectivity index (χ0) is 16.7. The molecule has 0 unspecified atom stereocenters. The second-order valence-corrected chi connectivity index (χ2v) is 6.22. The topological polar surface area (TPSA) is 63.1 Å². The van der Waals surface area contributed by atoms with Crippen LogP contribution in [0.5, 0.6) is 0 Å². The van der Waals surface area contributed by atoms with Gasteiger partial charge in [-0.05, 0) is 25.1 Å². The summed E-state index contributed by atoms with van der Waals surface area (Å²) < 4.78 is 1.62. The first-order valence-corrected chi connectivity index (χ1v) is 8.02. The van der Waals surface area contributed by atoms with E-state index in [1.165, 1.54) is 5.69 Å². The summed E-state index contributed by atoms with van der Waals surface area (Å²) in [7, 11) is 1.79. The molecule has 0 atom stereocenters. The van der Waals surface area contributed by atoms with Crippen molar-refractivity contribution in [3.63, 3.8) is 0 Å². The van der Waals surface area contributed by atoms with Crippen molar-refractivity contribution < 1.29 is 4.79 Å². The largest absolute Gasteiger partial charge is 0.367 e. The fraction of sp³-hybridized carbons (Fsp3) is 0.278. The molecule has 0 aliphatic carbocycles. The molecule has 122 valence electrons. The van der Waals surface area contributed by atoms with Crippen LogP contribution in [0.25, 0.3) is 10.9 Å². The van der Waals surface area contributed by atoms with E-state index in [4.69, 9.17) is 0 Å². The van der Waals surface area contributed by atoms with Gasteiger partial charge in [-0.1, -0.05) is 18.2 Å².